The molecule has 0 aliphatic rings. The molecule has 0 spiro atoms. The highest BCUT2D eigenvalue weighted by atomic mass is 16.3. The van der Waals surface area contributed by atoms with Crippen molar-refractivity contribution in [3.63, 3.8) is 0 Å². The Hall–Kier alpha value is -1.36. The molecule has 1 unspecified atom stereocenters. The quantitative estimate of drug-likeness (QED) is 0.619. The lowest BCUT2D eigenvalue weighted by Gasteiger charge is -2.17. The van der Waals surface area contributed by atoms with Crippen LogP contribution in [0.3, 0.4) is 0 Å². The summed E-state index contributed by atoms with van der Waals surface area (Å²) in [6.07, 6.45) is 3.81. The molecule has 1 aromatic heterocycles. The van der Waals surface area contributed by atoms with Crippen LogP contribution in [-0.4, -0.2) is 34.8 Å². The molecule has 0 aromatic carbocycles. The fraction of sp³-hybridized carbons (Fsp3) is 0.750. The Morgan fingerprint density at radius 1 is 1.10 bits per heavy atom. The average Bonchev–Trinajstić information content (AvgIpc) is 2.46. The molecule has 1 rings (SSSR count). The van der Waals surface area contributed by atoms with Crippen LogP contribution in [0, 0.1) is 12.8 Å². The van der Waals surface area contributed by atoms with Crippen LogP contribution in [0.15, 0.2) is 0 Å². The Kier molecular flexibility index (Phi) is 8.05. The number of rotatable bonds is 10. The zero-order valence-electron chi connectivity index (χ0n) is 13.9. The zero-order chi connectivity index (χ0) is 15.7. The molecule has 5 nitrogen and oxygen atoms in total. The molecule has 120 valence electrons. The molecule has 0 saturated heterocycles. The largest absolute Gasteiger partial charge is 0.396 e. The van der Waals surface area contributed by atoms with E-state index < -0.39 is 0 Å². The van der Waals surface area contributed by atoms with Gasteiger partial charge in [0.05, 0.1) is 0 Å². The molecule has 0 fully saturated rings. The molecule has 3 N–H and O–H groups in total. The number of aryl methyl sites for hydroxylation is 1. The number of aliphatic hydroxyl groups excluding tert-OH is 1. The van der Waals surface area contributed by atoms with Gasteiger partial charge in [-0.3, -0.25) is 0 Å². The van der Waals surface area contributed by atoms with Gasteiger partial charge < -0.3 is 15.7 Å². The van der Waals surface area contributed by atoms with Crippen LogP contribution in [0.4, 0.5) is 11.6 Å². The van der Waals surface area contributed by atoms with Crippen LogP contribution in [-0.2, 0) is 6.42 Å². The van der Waals surface area contributed by atoms with Gasteiger partial charge in [0.25, 0.3) is 0 Å². The first-order valence-electron chi connectivity index (χ1n) is 8.08. The summed E-state index contributed by atoms with van der Waals surface area (Å²) in [5, 5.41) is 15.8. The summed E-state index contributed by atoms with van der Waals surface area (Å²) < 4.78 is 0. The third-order valence-electron chi connectivity index (χ3n) is 3.45. The molecule has 0 bridgehead atoms. The zero-order valence-corrected chi connectivity index (χ0v) is 13.9. The van der Waals surface area contributed by atoms with Gasteiger partial charge in [-0.1, -0.05) is 20.8 Å². The second-order valence-corrected chi connectivity index (χ2v) is 5.64. The van der Waals surface area contributed by atoms with Gasteiger partial charge in [0, 0.05) is 31.7 Å². The van der Waals surface area contributed by atoms with E-state index in [9.17, 15) is 0 Å². The maximum atomic E-state index is 8.98. The Labute approximate surface area is 128 Å². The van der Waals surface area contributed by atoms with Gasteiger partial charge in [-0.25, -0.2) is 9.97 Å². The predicted molar refractivity (Wildman–Crippen MR) is 88.9 cm³/mol. The predicted octanol–water partition coefficient (Wildman–Crippen LogP) is 2.99. The van der Waals surface area contributed by atoms with Gasteiger partial charge in [-0.15, -0.1) is 0 Å². The average molecular weight is 294 g/mol. The fourth-order valence-electron chi connectivity index (χ4n) is 2.08. The molecule has 0 aliphatic heterocycles. The lowest BCUT2D eigenvalue weighted by Crippen LogP contribution is -2.16. The van der Waals surface area contributed by atoms with E-state index in [0.29, 0.717) is 5.92 Å². The summed E-state index contributed by atoms with van der Waals surface area (Å²) in [7, 11) is 0. The van der Waals surface area contributed by atoms with Crippen molar-refractivity contribution in [2.24, 2.45) is 5.92 Å². The van der Waals surface area contributed by atoms with Gasteiger partial charge >= 0.3 is 0 Å². The third kappa shape index (κ3) is 5.87. The van der Waals surface area contributed by atoms with E-state index in [1.165, 1.54) is 0 Å². The van der Waals surface area contributed by atoms with Crippen LogP contribution in [0.5, 0.6) is 0 Å². The molecule has 0 radical (unpaired) electrons. The lowest BCUT2D eigenvalue weighted by molar-refractivity contribution is 0.266. The highest BCUT2D eigenvalue weighted by Gasteiger charge is 2.11. The van der Waals surface area contributed by atoms with Gasteiger partial charge in [0.15, 0.2) is 0 Å². The summed E-state index contributed by atoms with van der Waals surface area (Å²) >= 11 is 0. The maximum Gasteiger partial charge on any atom is 0.134 e. The van der Waals surface area contributed by atoms with E-state index in [1.807, 2.05) is 6.92 Å². The number of aliphatic hydroxyl groups is 1. The highest BCUT2D eigenvalue weighted by molar-refractivity contribution is 5.57. The molecule has 0 amide bonds. The lowest BCUT2D eigenvalue weighted by atomic mass is 10.1. The van der Waals surface area contributed by atoms with Crippen molar-refractivity contribution in [2.45, 2.75) is 53.4 Å². The van der Waals surface area contributed by atoms with Crippen molar-refractivity contribution in [3.8, 4) is 0 Å². The second-order valence-electron chi connectivity index (χ2n) is 5.64. The Morgan fingerprint density at radius 2 is 1.76 bits per heavy atom. The monoisotopic (exact) mass is 294 g/mol. The smallest absolute Gasteiger partial charge is 0.134 e. The minimum absolute atomic E-state index is 0.232. The third-order valence-corrected chi connectivity index (χ3v) is 3.45. The van der Waals surface area contributed by atoms with Crippen LogP contribution in [0.2, 0.25) is 0 Å². The number of nitrogens with one attached hydrogen (secondary N) is 2. The molecular formula is C16H30N4O. The van der Waals surface area contributed by atoms with Gasteiger partial charge in [-0.05, 0) is 32.1 Å². The maximum absolute atomic E-state index is 8.98. The van der Waals surface area contributed by atoms with Crippen molar-refractivity contribution < 1.29 is 5.11 Å². The van der Waals surface area contributed by atoms with E-state index in [2.05, 4.69) is 41.4 Å². The standard InChI is InChI=1S/C16H30N4O/c1-5-7-14-19-15(17-9-6-2)13(4)16(20-14)18-11-12(3)8-10-21/h12,21H,5-11H2,1-4H3,(H2,17,18,19,20). The van der Waals surface area contributed by atoms with Gasteiger partial charge in [0.1, 0.15) is 17.5 Å². The minimum Gasteiger partial charge on any atom is -0.396 e. The number of aromatic nitrogens is 2. The summed E-state index contributed by atoms with van der Waals surface area (Å²) in [5.41, 5.74) is 1.07. The molecule has 0 saturated carbocycles. The van der Waals surface area contributed by atoms with Crippen LogP contribution < -0.4 is 10.6 Å². The molecule has 5 heteroatoms. The van der Waals surface area contributed by atoms with Crippen molar-refractivity contribution in [2.75, 3.05) is 30.3 Å². The van der Waals surface area contributed by atoms with E-state index in [1.54, 1.807) is 0 Å². The Morgan fingerprint density at radius 3 is 2.33 bits per heavy atom. The normalized spacial score (nSPS) is 12.2. The first kappa shape index (κ1) is 17.7. The molecule has 1 atom stereocenters. The van der Waals surface area contributed by atoms with Crippen molar-refractivity contribution >= 4 is 11.6 Å². The fourth-order valence-corrected chi connectivity index (χ4v) is 2.08. The first-order chi connectivity index (χ1) is 10.1. The first-order valence-corrected chi connectivity index (χ1v) is 8.08. The number of nitrogens with zero attached hydrogens (tertiary/aromatic N) is 2. The second kappa shape index (κ2) is 9.55. The topological polar surface area (TPSA) is 70.1 Å². The van der Waals surface area contributed by atoms with E-state index in [-0.39, 0.29) is 6.61 Å². The van der Waals surface area contributed by atoms with E-state index >= 15 is 0 Å². The SMILES string of the molecule is CCCNc1nc(CCC)nc(NCC(C)CCO)c1C. The van der Waals surface area contributed by atoms with E-state index in [4.69, 9.17) is 5.11 Å². The van der Waals surface area contributed by atoms with Gasteiger partial charge in [-0.2, -0.15) is 0 Å². The number of anilines is 2. The summed E-state index contributed by atoms with van der Waals surface area (Å²) in [5.74, 6) is 3.16. The van der Waals surface area contributed by atoms with Crippen molar-refractivity contribution in [3.05, 3.63) is 11.4 Å². The molecule has 1 aromatic rings. The Balaban J connectivity index is 2.86. The van der Waals surface area contributed by atoms with E-state index in [0.717, 1.165) is 61.8 Å². The molecule has 21 heavy (non-hydrogen) atoms. The van der Waals surface area contributed by atoms with Crippen molar-refractivity contribution in [1.29, 1.82) is 0 Å². The van der Waals surface area contributed by atoms with Gasteiger partial charge in [0.2, 0.25) is 0 Å². The highest BCUT2D eigenvalue weighted by Crippen LogP contribution is 2.21. The van der Waals surface area contributed by atoms with Crippen LogP contribution in [0.25, 0.3) is 0 Å². The molecule has 1 heterocycles. The van der Waals surface area contributed by atoms with Crippen molar-refractivity contribution in [1.82, 2.24) is 9.97 Å². The van der Waals surface area contributed by atoms with Crippen LogP contribution >= 0.6 is 0 Å². The number of hydrogen-bond acceptors (Lipinski definition) is 5. The Bertz CT molecular complexity index is 423. The minimum atomic E-state index is 0.232. The summed E-state index contributed by atoms with van der Waals surface area (Å²) in [4.78, 5) is 9.26. The summed E-state index contributed by atoms with van der Waals surface area (Å²) in [6.45, 7) is 10.4. The molecule has 0 aliphatic carbocycles. The summed E-state index contributed by atoms with van der Waals surface area (Å²) in [6, 6.07) is 0. The molecular weight excluding hydrogens is 264 g/mol. The van der Waals surface area contributed by atoms with Crippen LogP contribution in [0.1, 0.15) is 51.4 Å². The number of hydrogen-bond donors (Lipinski definition) is 3.